The predicted molar refractivity (Wildman–Crippen MR) is 100 cm³/mol. The number of nitrogens with two attached hydrogens (primary N) is 1. The SMILES string of the molecule is Nc1ccc(N(CCO)CCO)c(C2=CCC(=C=NCCO)S2)c1. The van der Waals surface area contributed by atoms with E-state index in [1.807, 2.05) is 23.1 Å². The Morgan fingerprint density at radius 3 is 2.58 bits per heavy atom. The van der Waals surface area contributed by atoms with Crippen molar-refractivity contribution in [3.63, 3.8) is 0 Å². The van der Waals surface area contributed by atoms with Crippen LogP contribution < -0.4 is 10.6 Å². The summed E-state index contributed by atoms with van der Waals surface area (Å²) >= 11 is 1.57. The quantitative estimate of drug-likeness (QED) is 0.414. The fourth-order valence-corrected chi connectivity index (χ4v) is 3.43. The highest BCUT2D eigenvalue weighted by molar-refractivity contribution is 8.12. The van der Waals surface area contributed by atoms with E-state index >= 15 is 0 Å². The standard InChI is InChI=1S/C17H23N3O3S/c18-13-1-3-16(20(6-9-22)7-10-23)15(11-13)17-4-2-14(24-17)12-19-5-8-21/h1,3-4,11,21-23H,2,5-10,18H2. The first-order chi connectivity index (χ1) is 11.7. The average molecular weight is 349 g/mol. The van der Waals surface area contributed by atoms with Crippen LogP contribution in [0.1, 0.15) is 12.0 Å². The highest BCUT2D eigenvalue weighted by Gasteiger charge is 2.19. The fourth-order valence-electron chi connectivity index (χ4n) is 2.45. The molecule has 1 heterocycles. The van der Waals surface area contributed by atoms with Crippen molar-refractivity contribution >= 4 is 33.9 Å². The third-order valence-electron chi connectivity index (χ3n) is 3.49. The second kappa shape index (κ2) is 9.52. The van der Waals surface area contributed by atoms with Crippen molar-refractivity contribution in [3.8, 4) is 0 Å². The van der Waals surface area contributed by atoms with Crippen LogP contribution in [-0.4, -0.2) is 60.6 Å². The number of aliphatic hydroxyl groups is 3. The number of aliphatic imine (C=N–C) groups is 1. The molecule has 1 aliphatic rings. The molecule has 130 valence electrons. The normalized spacial score (nSPS) is 13.6. The number of allylic oxidation sites excluding steroid dienone is 2. The van der Waals surface area contributed by atoms with Gasteiger partial charge in [-0.3, -0.25) is 0 Å². The van der Waals surface area contributed by atoms with Crippen molar-refractivity contribution in [3.05, 3.63) is 34.7 Å². The summed E-state index contributed by atoms with van der Waals surface area (Å²) in [5, 5.41) is 27.3. The lowest BCUT2D eigenvalue weighted by Crippen LogP contribution is -2.30. The third kappa shape index (κ3) is 4.87. The van der Waals surface area contributed by atoms with Crippen LogP contribution >= 0.6 is 11.8 Å². The molecule has 2 rings (SSSR count). The Labute approximate surface area is 146 Å². The van der Waals surface area contributed by atoms with E-state index in [1.54, 1.807) is 11.8 Å². The minimum absolute atomic E-state index is 0.00891. The molecule has 0 radical (unpaired) electrons. The smallest absolute Gasteiger partial charge is 0.0715 e. The van der Waals surface area contributed by atoms with Crippen LogP contribution in [0.2, 0.25) is 0 Å². The highest BCUT2D eigenvalue weighted by Crippen LogP contribution is 2.44. The van der Waals surface area contributed by atoms with Gasteiger partial charge in [0.15, 0.2) is 0 Å². The summed E-state index contributed by atoms with van der Waals surface area (Å²) in [5.74, 6) is 2.96. The van der Waals surface area contributed by atoms with Gasteiger partial charge in [-0.1, -0.05) is 17.8 Å². The Bertz CT molecular complexity index is 648. The molecule has 1 aromatic carbocycles. The molecule has 24 heavy (non-hydrogen) atoms. The summed E-state index contributed by atoms with van der Waals surface area (Å²) in [4.78, 5) is 8.03. The molecule has 0 atom stereocenters. The molecule has 0 aliphatic carbocycles. The average Bonchev–Trinajstić information content (AvgIpc) is 3.04. The molecule has 0 saturated carbocycles. The first-order valence-corrected chi connectivity index (χ1v) is 8.65. The Morgan fingerprint density at radius 2 is 1.92 bits per heavy atom. The molecule has 0 aromatic heterocycles. The predicted octanol–water partition coefficient (Wildman–Crippen LogP) is 1.08. The van der Waals surface area contributed by atoms with Gasteiger partial charge in [0, 0.05) is 41.4 Å². The maximum Gasteiger partial charge on any atom is 0.0715 e. The van der Waals surface area contributed by atoms with E-state index in [0.717, 1.165) is 27.5 Å². The molecule has 1 aliphatic heterocycles. The molecule has 6 nitrogen and oxygen atoms in total. The molecule has 0 saturated heterocycles. The van der Waals surface area contributed by atoms with Gasteiger partial charge in [-0.2, -0.15) is 0 Å². The van der Waals surface area contributed by atoms with E-state index in [9.17, 15) is 10.2 Å². The number of aliphatic hydroxyl groups excluding tert-OH is 3. The summed E-state index contributed by atoms with van der Waals surface area (Å²) < 4.78 is 0. The molecule has 0 amide bonds. The molecule has 0 fully saturated rings. The largest absolute Gasteiger partial charge is 0.399 e. The van der Waals surface area contributed by atoms with Gasteiger partial charge in [0.2, 0.25) is 0 Å². The number of thioether (sulfide) groups is 1. The van der Waals surface area contributed by atoms with Crippen LogP contribution in [0.15, 0.2) is 34.2 Å². The number of rotatable bonds is 8. The van der Waals surface area contributed by atoms with E-state index in [4.69, 9.17) is 10.8 Å². The molecule has 0 bridgehead atoms. The van der Waals surface area contributed by atoms with Gasteiger partial charge in [0.05, 0.1) is 31.3 Å². The highest BCUT2D eigenvalue weighted by atomic mass is 32.2. The van der Waals surface area contributed by atoms with Crippen molar-refractivity contribution in [2.45, 2.75) is 6.42 Å². The van der Waals surface area contributed by atoms with E-state index in [2.05, 4.69) is 16.9 Å². The van der Waals surface area contributed by atoms with Gasteiger partial charge in [-0.05, 0) is 24.1 Å². The van der Waals surface area contributed by atoms with E-state index in [1.165, 1.54) is 0 Å². The van der Waals surface area contributed by atoms with Crippen molar-refractivity contribution in [1.29, 1.82) is 0 Å². The maximum atomic E-state index is 9.28. The van der Waals surface area contributed by atoms with Gasteiger partial charge in [-0.25, -0.2) is 4.99 Å². The summed E-state index contributed by atoms with van der Waals surface area (Å²) in [5.41, 5.74) is 8.52. The lowest BCUT2D eigenvalue weighted by molar-refractivity contribution is 0.281. The Balaban J connectivity index is 2.30. The zero-order valence-corrected chi connectivity index (χ0v) is 14.3. The number of nitrogens with zero attached hydrogens (tertiary/aromatic N) is 2. The lowest BCUT2D eigenvalue weighted by atomic mass is 10.1. The molecular weight excluding hydrogens is 326 g/mol. The Hall–Kier alpha value is -1.76. The minimum atomic E-state index is 0.00891. The maximum absolute atomic E-state index is 9.28. The second-order valence-electron chi connectivity index (χ2n) is 5.23. The van der Waals surface area contributed by atoms with Crippen LogP contribution in [0.25, 0.3) is 4.91 Å². The van der Waals surface area contributed by atoms with Gasteiger partial charge >= 0.3 is 0 Å². The summed E-state index contributed by atoms with van der Waals surface area (Å²) in [6.45, 7) is 1.27. The molecule has 0 unspecified atom stereocenters. The molecule has 1 aromatic rings. The van der Waals surface area contributed by atoms with Crippen LogP contribution in [0, 0.1) is 0 Å². The number of nitrogen functional groups attached to an aromatic ring is 1. The van der Waals surface area contributed by atoms with Gasteiger partial charge in [0.1, 0.15) is 0 Å². The van der Waals surface area contributed by atoms with Crippen LogP contribution in [0.5, 0.6) is 0 Å². The van der Waals surface area contributed by atoms with Gasteiger partial charge in [0.25, 0.3) is 0 Å². The number of anilines is 2. The van der Waals surface area contributed by atoms with Gasteiger partial charge in [-0.15, -0.1) is 0 Å². The first-order valence-electron chi connectivity index (χ1n) is 7.83. The van der Waals surface area contributed by atoms with Crippen LogP contribution in [0.3, 0.4) is 0 Å². The van der Waals surface area contributed by atoms with Crippen LogP contribution in [0.4, 0.5) is 11.4 Å². The summed E-state index contributed by atoms with van der Waals surface area (Å²) in [7, 11) is 0. The molecule has 5 N–H and O–H groups in total. The van der Waals surface area contributed by atoms with Crippen LogP contribution in [-0.2, 0) is 0 Å². The van der Waals surface area contributed by atoms with E-state index < -0.39 is 0 Å². The monoisotopic (exact) mass is 349 g/mol. The van der Waals surface area contributed by atoms with Crippen molar-refractivity contribution < 1.29 is 15.3 Å². The number of benzene rings is 1. The van der Waals surface area contributed by atoms with Crippen molar-refractivity contribution in [2.75, 3.05) is 50.1 Å². The number of hydrogen-bond donors (Lipinski definition) is 4. The fraction of sp³-hybridized carbons (Fsp3) is 0.412. The van der Waals surface area contributed by atoms with Crippen molar-refractivity contribution in [2.24, 2.45) is 4.99 Å². The lowest BCUT2D eigenvalue weighted by Gasteiger charge is -2.26. The summed E-state index contributed by atoms with van der Waals surface area (Å²) in [6, 6.07) is 5.64. The number of hydrogen-bond acceptors (Lipinski definition) is 7. The Kier molecular flexibility index (Phi) is 7.36. The topological polar surface area (TPSA) is 102 Å². The molecular formula is C17H23N3O3S. The Morgan fingerprint density at radius 1 is 1.17 bits per heavy atom. The van der Waals surface area contributed by atoms with Gasteiger partial charge < -0.3 is 26.0 Å². The molecule has 7 heteroatoms. The molecule has 0 spiro atoms. The van der Waals surface area contributed by atoms with Crippen molar-refractivity contribution in [1.82, 2.24) is 0 Å². The zero-order valence-electron chi connectivity index (χ0n) is 13.5. The van der Waals surface area contributed by atoms with E-state index in [0.29, 0.717) is 25.3 Å². The van der Waals surface area contributed by atoms with E-state index in [-0.39, 0.29) is 19.8 Å². The summed E-state index contributed by atoms with van der Waals surface area (Å²) in [6.07, 6.45) is 2.83. The zero-order chi connectivity index (χ0) is 17.4. The third-order valence-corrected chi connectivity index (χ3v) is 4.60. The second-order valence-corrected chi connectivity index (χ2v) is 6.36. The first kappa shape index (κ1) is 18.6. The minimum Gasteiger partial charge on any atom is -0.399 e.